The summed E-state index contributed by atoms with van der Waals surface area (Å²) in [5, 5.41) is 0. The van der Waals surface area contributed by atoms with Gasteiger partial charge >= 0.3 is 6.01 Å². The summed E-state index contributed by atoms with van der Waals surface area (Å²) in [5.74, 6) is 0. The van der Waals surface area contributed by atoms with Crippen LogP contribution in [0.5, 0.6) is 6.01 Å². The lowest BCUT2D eigenvalue weighted by atomic mass is 10.0. The summed E-state index contributed by atoms with van der Waals surface area (Å²) in [6.45, 7) is 0. The number of para-hydroxylation sites is 3. The minimum Gasteiger partial charge on any atom is -0.461 e. The molecule has 2 fully saturated rings. The van der Waals surface area contributed by atoms with E-state index in [9.17, 15) is 0 Å². The maximum Gasteiger partial charge on any atom is 0.302 e. The Morgan fingerprint density at radius 2 is 1.60 bits per heavy atom. The van der Waals surface area contributed by atoms with Crippen LogP contribution in [0.2, 0.25) is 0 Å². The number of ether oxygens (including phenoxy) is 1. The number of nitrogens with zero attached hydrogens (tertiary/aromatic N) is 3. The lowest BCUT2D eigenvalue weighted by molar-refractivity contribution is 0.0594. The van der Waals surface area contributed by atoms with Crippen LogP contribution in [0.15, 0.2) is 54.6 Å². The van der Waals surface area contributed by atoms with Gasteiger partial charge < -0.3 is 9.64 Å². The van der Waals surface area contributed by atoms with E-state index >= 15 is 0 Å². The maximum atomic E-state index is 6.48. The summed E-state index contributed by atoms with van der Waals surface area (Å²) in [5.41, 5.74) is 3.18. The fraction of sp³-hybridized carbons (Fsp3) is 0.381. The Morgan fingerprint density at radius 3 is 2.36 bits per heavy atom. The first-order chi connectivity index (χ1) is 12.3. The van der Waals surface area contributed by atoms with E-state index in [0.717, 1.165) is 35.6 Å². The molecule has 4 nitrogen and oxygen atoms in total. The molecule has 1 aromatic heterocycles. The average molecular weight is 333 g/mol. The molecule has 0 spiro atoms. The average Bonchev–Trinajstić information content (AvgIpc) is 3.08. The highest BCUT2D eigenvalue weighted by atomic mass is 16.5. The normalized spacial score (nSPS) is 26.2. The van der Waals surface area contributed by atoms with Crippen LogP contribution in [-0.2, 0) is 0 Å². The van der Waals surface area contributed by atoms with E-state index in [0.29, 0.717) is 12.1 Å². The van der Waals surface area contributed by atoms with E-state index in [2.05, 4.69) is 59.0 Å². The van der Waals surface area contributed by atoms with Crippen LogP contribution in [0.25, 0.3) is 16.7 Å². The summed E-state index contributed by atoms with van der Waals surface area (Å²) in [4.78, 5) is 7.34. The first kappa shape index (κ1) is 15.0. The molecule has 0 aliphatic carbocycles. The SMILES string of the molecule is CN1[C@@H]2CC[C@H]1CC(Oc1nc3ccccc3n1-c1ccccc1)C2. The number of imidazole rings is 1. The van der Waals surface area contributed by atoms with E-state index < -0.39 is 0 Å². The van der Waals surface area contributed by atoms with Gasteiger partial charge in [-0.2, -0.15) is 4.98 Å². The predicted molar refractivity (Wildman–Crippen MR) is 99.3 cm³/mol. The van der Waals surface area contributed by atoms with Crippen LogP contribution in [0.4, 0.5) is 0 Å². The molecule has 2 bridgehead atoms. The van der Waals surface area contributed by atoms with E-state index in [1.807, 2.05) is 12.1 Å². The number of hydrogen-bond donors (Lipinski definition) is 0. The molecule has 0 N–H and O–H groups in total. The third-order valence-corrected chi connectivity index (χ3v) is 5.87. The van der Waals surface area contributed by atoms with Crippen molar-refractivity contribution < 1.29 is 4.74 Å². The number of fused-ring (bicyclic) bond motifs is 3. The summed E-state index contributed by atoms with van der Waals surface area (Å²) >= 11 is 0. The number of aromatic nitrogens is 2. The standard InChI is InChI=1S/C21H23N3O/c1-23-16-11-12-17(23)14-18(13-16)25-21-22-19-9-5-6-10-20(19)24(21)15-7-3-2-4-8-15/h2-10,16-18H,11-14H2,1H3/t16-,17+,18?. The van der Waals surface area contributed by atoms with Crippen LogP contribution < -0.4 is 4.74 Å². The third kappa shape index (κ3) is 2.52. The highest BCUT2D eigenvalue weighted by Gasteiger charge is 2.39. The smallest absolute Gasteiger partial charge is 0.302 e. The molecular formula is C21H23N3O. The zero-order valence-corrected chi connectivity index (χ0v) is 14.5. The molecule has 3 atom stereocenters. The summed E-state index contributed by atoms with van der Waals surface area (Å²) in [6, 6.07) is 20.7. The van der Waals surface area contributed by atoms with Crippen molar-refractivity contribution in [1.82, 2.24) is 14.5 Å². The molecule has 3 heterocycles. The van der Waals surface area contributed by atoms with Crippen LogP contribution in [-0.4, -0.2) is 39.7 Å². The topological polar surface area (TPSA) is 30.3 Å². The predicted octanol–water partition coefficient (Wildman–Crippen LogP) is 4.03. The van der Waals surface area contributed by atoms with Crippen LogP contribution in [0.3, 0.4) is 0 Å². The Morgan fingerprint density at radius 1 is 0.920 bits per heavy atom. The first-order valence-corrected chi connectivity index (χ1v) is 9.21. The largest absolute Gasteiger partial charge is 0.461 e. The molecule has 2 aliphatic rings. The minimum absolute atomic E-state index is 0.257. The van der Waals surface area contributed by atoms with Crippen LogP contribution >= 0.6 is 0 Å². The van der Waals surface area contributed by atoms with Crippen LogP contribution in [0, 0.1) is 0 Å². The van der Waals surface area contributed by atoms with Crippen molar-refractivity contribution in [2.75, 3.05) is 7.05 Å². The molecule has 2 saturated heterocycles. The molecule has 1 unspecified atom stereocenters. The molecular weight excluding hydrogens is 310 g/mol. The summed E-state index contributed by atoms with van der Waals surface area (Å²) in [7, 11) is 2.26. The van der Waals surface area contributed by atoms with Gasteiger partial charge in [0.25, 0.3) is 0 Å². The van der Waals surface area contributed by atoms with Crippen molar-refractivity contribution in [3.8, 4) is 11.7 Å². The van der Waals surface area contributed by atoms with E-state index in [4.69, 9.17) is 9.72 Å². The first-order valence-electron chi connectivity index (χ1n) is 9.21. The van der Waals surface area contributed by atoms with Gasteiger partial charge in [0.05, 0.1) is 16.7 Å². The Bertz CT molecular complexity index is 875. The zero-order valence-electron chi connectivity index (χ0n) is 14.5. The molecule has 128 valence electrons. The number of hydrogen-bond acceptors (Lipinski definition) is 3. The lowest BCUT2D eigenvalue weighted by Gasteiger charge is -2.36. The van der Waals surface area contributed by atoms with Gasteiger partial charge in [-0.3, -0.25) is 4.57 Å². The van der Waals surface area contributed by atoms with Gasteiger partial charge in [-0.25, -0.2) is 0 Å². The van der Waals surface area contributed by atoms with Crippen molar-refractivity contribution in [2.24, 2.45) is 0 Å². The van der Waals surface area contributed by atoms with Gasteiger partial charge in [0.2, 0.25) is 0 Å². The summed E-state index contributed by atoms with van der Waals surface area (Å²) in [6.07, 6.45) is 5.07. The van der Waals surface area contributed by atoms with Gasteiger partial charge in [0, 0.05) is 24.9 Å². The fourth-order valence-electron chi connectivity index (χ4n) is 4.52. The Labute approximate surface area is 148 Å². The van der Waals surface area contributed by atoms with Gasteiger partial charge in [-0.05, 0) is 44.2 Å². The molecule has 2 aliphatic heterocycles. The Hall–Kier alpha value is -2.33. The van der Waals surface area contributed by atoms with Crippen molar-refractivity contribution in [3.63, 3.8) is 0 Å². The fourth-order valence-corrected chi connectivity index (χ4v) is 4.52. The van der Waals surface area contributed by atoms with E-state index in [-0.39, 0.29) is 6.10 Å². The quantitative estimate of drug-likeness (QED) is 0.725. The van der Waals surface area contributed by atoms with Crippen molar-refractivity contribution in [2.45, 2.75) is 43.9 Å². The molecule has 0 amide bonds. The van der Waals surface area contributed by atoms with Gasteiger partial charge in [0.15, 0.2) is 0 Å². The molecule has 0 saturated carbocycles. The molecule has 0 radical (unpaired) electrons. The lowest BCUT2D eigenvalue weighted by Crippen LogP contribution is -2.44. The Kier molecular flexibility index (Phi) is 3.52. The molecule has 2 aromatic carbocycles. The van der Waals surface area contributed by atoms with Gasteiger partial charge in [0.1, 0.15) is 6.10 Å². The Balaban J connectivity index is 1.53. The second-order valence-corrected chi connectivity index (χ2v) is 7.32. The summed E-state index contributed by atoms with van der Waals surface area (Å²) < 4.78 is 8.63. The van der Waals surface area contributed by atoms with Crippen LogP contribution in [0.1, 0.15) is 25.7 Å². The van der Waals surface area contributed by atoms with Gasteiger partial charge in [-0.15, -0.1) is 0 Å². The minimum atomic E-state index is 0.257. The molecule has 5 rings (SSSR count). The van der Waals surface area contributed by atoms with Crippen molar-refractivity contribution >= 4 is 11.0 Å². The number of piperidine rings is 1. The maximum absolute atomic E-state index is 6.48. The van der Waals surface area contributed by atoms with Crippen molar-refractivity contribution in [1.29, 1.82) is 0 Å². The molecule has 3 aromatic rings. The second-order valence-electron chi connectivity index (χ2n) is 7.32. The number of rotatable bonds is 3. The van der Waals surface area contributed by atoms with Gasteiger partial charge in [-0.1, -0.05) is 30.3 Å². The van der Waals surface area contributed by atoms with Crippen molar-refractivity contribution in [3.05, 3.63) is 54.6 Å². The van der Waals surface area contributed by atoms with E-state index in [1.165, 1.54) is 12.8 Å². The number of benzene rings is 2. The second kappa shape index (κ2) is 5.88. The highest BCUT2D eigenvalue weighted by molar-refractivity contribution is 5.79. The molecule has 25 heavy (non-hydrogen) atoms. The third-order valence-electron chi connectivity index (χ3n) is 5.87. The molecule has 4 heteroatoms. The zero-order chi connectivity index (χ0) is 16.8. The highest BCUT2D eigenvalue weighted by Crippen LogP contribution is 2.36. The van der Waals surface area contributed by atoms with E-state index in [1.54, 1.807) is 0 Å². The monoisotopic (exact) mass is 333 g/mol.